The highest BCUT2D eigenvalue weighted by molar-refractivity contribution is 5.54. The van der Waals surface area contributed by atoms with Gasteiger partial charge in [0.25, 0.3) is 0 Å². The molecule has 0 saturated heterocycles. The zero-order valence-electron chi connectivity index (χ0n) is 8.77. The van der Waals surface area contributed by atoms with Crippen LogP contribution in [0.25, 0.3) is 0 Å². The zero-order valence-corrected chi connectivity index (χ0v) is 8.77. The van der Waals surface area contributed by atoms with E-state index in [9.17, 15) is 0 Å². The molecule has 0 bridgehead atoms. The third-order valence-corrected chi connectivity index (χ3v) is 2.69. The average molecular weight is 190 g/mol. The van der Waals surface area contributed by atoms with E-state index in [1.807, 2.05) is 0 Å². The third kappa shape index (κ3) is 2.07. The number of aryl methyl sites for hydroxylation is 1. The van der Waals surface area contributed by atoms with E-state index in [-0.39, 0.29) is 0 Å². The van der Waals surface area contributed by atoms with Gasteiger partial charge >= 0.3 is 0 Å². The molecule has 0 radical (unpaired) electrons. The maximum atomic E-state index is 3.45. The SMILES string of the molecule is CCNCc1ccc2c(c1)NCCC2. The summed E-state index contributed by atoms with van der Waals surface area (Å²) in [6, 6.07) is 6.76. The summed E-state index contributed by atoms with van der Waals surface area (Å²) in [6.45, 7) is 5.27. The fraction of sp³-hybridized carbons (Fsp3) is 0.500. The molecule has 0 amide bonds. The lowest BCUT2D eigenvalue weighted by atomic mass is 10.0. The molecule has 2 N–H and O–H groups in total. The van der Waals surface area contributed by atoms with Gasteiger partial charge < -0.3 is 10.6 Å². The second kappa shape index (κ2) is 4.47. The molecule has 0 fully saturated rings. The highest BCUT2D eigenvalue weighted by Crippen LogP contribution is 2.22. The number of benzene rings is 1. The number of hydrogen-bond donors (Lipinski definition) is 2. The van der Waals surface area contributed by atoms with Crippen LogP contribution in [0.2, 0.25) is 0 Å². The normalized spacial score (nSPS) is 14.6. The van der Waals surface area contributed by atoms with Gasteiger partial charge in [-0.2, -0.15) is 0 Å². The van der Waals surface area contributed by atoms with Gasteiger partial charge in [-0.25, -0.2) is 0 Å². The Labute approximate surface area is 85.7 Å². The van der Waals surface area contributed by atoms with Crippen LogP contribution >= 0.6 is 0 Å². The standard InChI is InChI=1S/C12H18N2/c1-2-13-9-10-5-6-11-4-3-7-14-12(11)8-10/h5-6,8,13-14H,2-4,7,9H2,1H3. The average Bonchev–Trinajstić information content (AvgIpc) is 2.26. The van der Waals surface area contributed by atoms with Gasteiger partial charge in [-0.05, 0) is 36.6 Å². The number of rotatable bonds is 3. The highest BCUT2D eigenvalue weighted by atomic mass is 14.9. The number of nitrogens with one attached hydrogen (secondary N) is 2. The second-order valence-corrected chi connectivity index (χ2v) is 3.80. The first-order valence-corrected chi connectivity index (χ1v) is 5.46. The van der Waals surface area contributed by atoms with E-state index in [1.165, 1.54) is 29.7 Å². The van der Waals surface area contributed by atoms with Gasteiger partial charge in [0.15, 0.2) is 0 Å². The lowest BCUT2D eigenvalue weighted by molar-refractivity contribution is 0.725. The smallest absolute Gasteiger partial charge is 0.0375 e. The van der Waals surface area contributed by atoms with Gasteiger partial charge in [-0.15, -0.1) is 0 Å². The van der Waals surface area contributed by atoms with E-state index < -0.39 is 0 Å². The van der Waals surface area contributed by atoms with Crippen LogP contribution in [0, 0.1) is 0 Å². The molecule has 0 unspecified atom stereocenters. The molecule has 1 aromatic carbocycles. The van der Waals surface area contributed by atoms with Crippen molar-refractivity contribution in [2.24, 2.45) is 0 Å². The molecule has 2 heteroatoms. The highest BCUT2D eigenvalue weighted by Gasteiger charge is 2.07. The van der Waals surface area contributed by atoms with Gasteiger partial charge in [0.1, 0.15) is 0 Å². The van der Waals surface area contributed by atoms with E-state index in [0.29, 0.717) is 0 Å². The molecule has 1 heterocycles. The van der Waals surface area contributed by atoms with Gasteiger partial charge in [0.2, 0.25) is 0 Å². The van der Waals surface area contributed by atoms with Crippen molar-refractivity contribution < 1.29 is 0 Å². The monoisotopic (exact) mass is 190 g/mol. The summed E-state index contributed by atoms with van der Waals surface area (Å²) in [6.07, 6.45) is 2.49. The first-order valence-electron chi connectivity index (χ1n) is 5.46. The molecular weight excluding hydrogens is 172 g/mol. The topological polar surface area (TPSA) is 24.1 Å². The fourth-order valence-corrected chi connectivity index (χ4v) is 1.89. The predicted molar refractivity (Wildman–Crippen MR) is 60.6 cm³/mol. The lowest BCUT2D eigenvalue weighted by Gasteiger charge is -2.18. The number of hydrogen-bond acceptors (Lipinski definition) is 2. The predicted octanol–water partition coefficient (Wildman–Crippen LogP) is 2.15. The Morgan fingerprint density at radius 3 is 3.21 bits per heavy atom. The minimum absolute atomic E-state index is 0.978. The summed E-state index contributed by atoms with van der Waals surface area (Å²) in [7, 11) is 0. The van der Waals surface area contributed by atoms with Crippen molar-refractivity contribution in [2.45, 2.75) is 26.3 Å². The molecule has 0 spiro atoms. The summed E-state index contributed by atoms with van der Waals surface area (Å²) in [5.41, 5.74) is 4.18. The van der Waals surface area contributed by atoms with Gasteiger partial charge in [-0.1, -0.05) is 19.1 Å². The second-order valence-electron chi connectivity index (χ2n) is 3.80. The van der Waals surface area contributed by atoms with Crippen molar-refractivity contribution in [3.8, 4) is 0 Å². The molecule has 76 valence electrons. The number of fused-ring (bicyclic) bond motifs is 1. The maximum absolute atomic E-state index is 3.45. The van der Waals surface area contributed by atoms with Crippen molar-refractivity contribution >= 4 is 5.69 Å². The van der Waals surface area contributed by atoms with Gasteiger partial charge in [0, 0.05) is 18.8 Å². The molecule has 1 aliphatic heterocycles. The molecule has 0 aromatic heterocycles. The molecular formula is C12H18N2. The molecule has 0 aliphatic carbocycles. The van der Waals surface area contributed by atoms with Crippen LogP contribution in [0.4, 0.5) is 5.69 Å². The minimum Gasteiger partial charge on any atom is -0.385 e. The van der Waals surface area contributed by atoms with Crippen LogP contribution in [0.5, 0.6) is 0 Å². The van der Waals surface area contributed by atoms with Crippen molar-refractivity contribution in [2.75, 3.05) is 18.4 Å². The Morgan fingerprint density at radius 2 is 2.36 bits per heavy atom. The maximum Gasteiger partial charge on any atom is 0.0375 e. The molecule has 0 saturated carbocycles. The summed E-state index contributed by atoms with van der Waals surface area (Å²) < 4.78 is 0. The first kappa shape index (κ1) is 9.53. The first-order chi connectivity index (χ1) is 6.90. The molecule has 1 aliphatic rings. The summed E-state index contributed by atoms with van der Waals surface area (Å²) in [5.74, 6) is 0. The Balaban J connectivity index is 2.12. The molecule has 14 heavy (non-hydrogen) atoms. The van der Waals surface area contributed by atoms with Crippen molar-refractivity contribution in [3.63, 3.8) is 0 Å². The molecule has 2 rings (SSSR count). The lowest BCUT2D eigenvalue weighted by Crippen LogP contribution is -2.14. The van der Waals surface area contributed by atoms with Crippen LogP contribution in [0.15, 0.2) is 18.2 Å². The molecule has 0 atom stereocenters. The Hall–Kier alpha value is -1.02. The van der Waals surface area contributed by atoms with E-state index in [4.69, 9.17) is 0 Å². The van der Waals surface area contributed by atoms with Crippen LogP contribution in [-0.2, 0) is 13.0 Å². The van der Waals surface area contributed by atoms with E-state index >= 15 is 0 Å². The fourth-order valence-electron chi connectivity index (χ4n) is 1.89. The summed E-state index contributed by atoms with van der Waals surface area (Å²) in [5, 5.41) is 6.80. The van der Waals surface area contributed by atoms with Crippen LogP contribution in [0.3, 0.4) is 0 Å². The molecule has 2 nitrogen and oxygen atoms in total. The molecule has 1 aromatic rings. The third-order valence-electron chi connectivity index (χ3n) is 2.69. The van der Waals surface area contributed by atoms with Gasteiger partial charge in [0.05, 0.1) is 0 Å². The Bertz CT molecular complexity index is 307. The van der Waals surface area contributed by atoms with E-state index in [2.05, 4.69) is 35.8 Å². The van der Waals surface area contributed by atoms with Crippen LogP contribution in [0.1, 0.15) is 24.5 Å². The van der Waals surface area contributed by atoms with Crippen LogP contribution < -0.4 is 10.6 Å². The van der Waals surface area contributed by atoms with E-state index in [0.717, 1.165) is 19.6 Å². The van der Waals surface area contributed by atoms with Crippen LogP contribution in [-0.4, -0.2) is 13.1 Å². The van der Waals surface area contributed by atoms with Crippen molar-refractivity contribution in [3.05, 3.63) is 29.3 Å². The summed E-state index contributed by atoms with van der Waals surface area (Å²) in [4.78, 5) is 0. The minimum atomic E-state index is 0.978. The summed E-state index contributed by atoms with van der Waals surface area (Å²) >= 11 is 0. The number of anilines is 1. The zero-order chi connectivity index (χ0) is 9.80. The Morgan fingerprint density at radius 1 is 1.43 bits per heavy atom. The van der Waals surface area contributed by atoms with Crippen molar-refractivity contribution in [1.82, 2.24) is 5.32 Å². The van der Waals surface area contributed by atoms with Crippen molar-refractivity contribution in [1.29, 1.82) is 0 Å². The largest absolute Gasteiger partial charge is 0.385 e. The van der Waals surface area contributed by atoms with E-state index in [1.54, 1.807) is 0 Å². The Kier molecular flexibility index (Phi) is 3.04. The quantitative estimate of drug-likeness (QED) is 0.763. The van der Waals surface area contributed by atoms with Gasteiger partial charge in [-0.3, -0.25) is 0 Å².